The summed E-state index contributed by atoms with van der Waals surface area (Å²) in [5.74, 6) is 1.61. The van der Waals surface area contributed by atoms with Gasteiger partial charge in [0.05, 0.1) is 18.8 Å². The highest BCUT2D eigenvalue weighted by atomic mass is 16.5. The molecule has 0 aromatic carbocycles. The zero-order valence-electron chi connectivity index (χ0n) is 12.8. The summed E-state index contributed by atoms with van der Waals surface area (Å²) < 4.78 is 16.5. The van der Waals surface area contributed by atoms with Crippen LogP contribution in [-0.4, -0.2) is 50.6 Å². The van der Waals surface area contributed by atoms with Gasteiger partial charge in [-0.15, -0.1) is 0 Å². The maximum Gasteiger partial charge on any atom is 0.215 e. The van der Waals surface area contributed by atoms with E-state index in [2.05, 4.69) is 29.8 Å². The fourth-order valence-electron chi connectivity index (χ4n) is 2.15. The lowest BCUT2D eigenvalue weighted by atomic mass is 10.2. The quantitative estimate of drug-likeness (QED) is 0.825. The molecule has 1 aromatic rings. The summed E-state index contributed by atoms with van der Waals surface area (Å²) in [6.07, 6.45) is 0.299. The molecule has 5 nitrogen and oxygen atoms in total. The second kappa shape index (κ2) is 6.90. The molecule has 1 saturated heterocycles. The van der Waals surface area contributed by atoms with Crippen molar-refractivity contribution in [3.8, 4) is 5.88 Å². The van der Waals surface area contributed by atoms with Crippen LogP contribution in [0.4, 0.5) is 5.82 Å². The van der Waals surface area contributed by atoms with Crippen molar-refractivity contribution in [2.45, 2.75) is 33.0 Å². The summed E-state index contributed by atoms with van der Waals surface area (Å²) in [5, 5.41) is 0. The number of morpholine rings is 1. The molecule has 20 heavy (non-hydrogen) atoms. The Morgan fingerprint density at radius 1 is 1.50 bits per heavy atom. The average Bonchev–Trinajstić information content (AvgIpc) is 2.44. The van der Waals surface area contributed by atoms with E-state index in [0.29, 0.717) is 12.5 Å². The van der Waals surface area contributed by atoms with Crippen LogP contribution in [0.2, 0.25) is 0 Å². The van der Waals surface area contributed by atoms with Crippen molar-refractivity contribution in [3.05, 3.63) is 17.7 Å². The third-order valence-electron chi connectivity index (χ3n) is 3.37. The van der Waals surface area contributed by atoms with Crippen LogP contribution < -0.4 is 9.64 Å². The molecule has 2 rings (SSSR count). The van der Waals surface area contributed by atoms with Gasteiger partial charge in [-0.05, 0) is 32.4 Å². The summed E-state index contributed by atoms with van der Waals surface area (Å²) in [4.78, 5) is 6.83. The van der Waals surface area contributed by atoms with Crippen LogP contribution in [0.25, 0.3) is 0 Å². The maximum atomic E-state index is 5.70. The van der Waals surface area contributed by atoms with Crippen molar-refractivity contribution in [3.63, 3.8) is 0 Å². The number of hydrogen-bond donors (Lipinski definition) is 0. The SMILES string of the molecule is CO[C@H](C)COc1cc(C)cc(N2CCOC(C)C2)n1. The molecule has 2 heterocycles. The van der Waals surface area contributed by atoms with Gasteiger partial charge in [-0.3, -0.25) is 0 Å². The Morgan fingerprint density at radius 3 is 3.00 bits per heavy atom. The van der Waals surface area contributed by atoms with Crippen LogP contribution in [0.1, 0.15) is 19.4 Å². The molecule has 0 saturated carbocycles. The number of anilines is 1. The van der Waals surface area contributed by atoms with Crippen LogP contribution in [0, 0.1) is 6.92 Å². The van der Waals surface area contributed by atoms with Crippen molar-refractivity contribution in [1.82, 2.24) is 4.98 Å². The zero-order chi connectivity index (χ0) is 14.5. The number of rotatable bonds is 5. The van der Waals surface area contributed by atoms with Gasteiger partial charge in [0, 0.05) is 26.3 Å². The monoisotopic (exact) mass is 280 g/mol. The Morgan fingerprint density at radius 2 is 2.30 bits per heavy atom. The van der Waals surface area contributed by atoms with E-state index < -0.39 is 0 Å². The molecule has 0 amide bonds. The topological polar surface area (TPSA) is 43.8 Å². The largest absolute Gasteiger partial charge is 0.475 e. The summed E-state index contributed by atoms with van der Waals surface area (Å²) in [7, 11) is 1.68. The van der Waals surface area contributed by atoms with Crippen molar-refractivity contribution in [2.75, 3.05) is 38.3 Å². The zero-order valence-corrected chi connectivity index (χ0v) is 12.8. The first-order valence-electron chi connectivity index (χ1n) is 7.09. The van der Waals surface area contributed by atoms with Gasteiger partial charge in [0.2, 0.25) is 5.88 Å². The van der Waals surface area contributed by atoms with E-state index in [0.717, 1.165) is 31.1 Å². The fourth-order valence-corrected chi connectivity index (χ4v) is 2.15. The van der Waals surface area contributed by atoms with Crippen LogP contribution in [0.5, 0.6) is 5.88 Å². The highest BCUT2D eigenvalue weighted by Gasteiger charge is 2.18. The van der Waals surface area contributed by atoms with Crippen LogP contribution in [-0.2, 0) is 9.47 Å². The predicted octanol–water partition coefficient (Wildman–Crippen LogP) is 2.03. The Kier molecular flexibility index (Phi) is 5.20. The normalized spacial score (nSPS) is 20.8. The highest BCUT2D eigenvalue weighted by Crippen LogP contribution is 2.21. The Balaban J connectivity index is 2.07. The van der Waals surface area contributed by atoms with Gasteiger partial charge in [0.1, 0.15) is 12.4 Å². The van der Waals surface area contributed by atoms with Crippen LogP contribution in [0.15, 0.2) is 12.1 Å². The lowest BCUT2D eigenvalue weighted by Crippen LogP contribution is -2.41. The molecule has 1 unspecified atom stereocenters. The number of aryl methyl sites for hydroxylation is 1. The van der Waals surface area contributed by atoms with E-state index >= 15 is 0 Å². The number of aromatic nitrogens is 1. The third kappa shape index (κ3) is 4.08. The molecular weight excluding hydrogens is 256 g/mol. The molecule has 0 aliphatic carbocycles. The van der Waals surface area contributed by atoms with Gasteiger partial charge >= 0.3 is 0 Å². The molecule has 0 N–H and O–H groups in total. The van der Waals surface area contributed by atoms with E-state index in [1.165, 1.54) is 0 Å². The number of ether oxygens (including phenoxy) is 3. The number of methoxy groups -OCH3 is 1. The Bertz CT molecular complexity index is 439. The minimum atomic E-state index is 0.0594. The van der Waals surface area contributed by atoms with E-state index in [4.69, 9.17) is 14.2 Å². The molecule has 5 heteroatoms. The van der Waals surface area contributed by atoms with Gasteiger partial charge < -0.3 is 19.1 Å². The second-order valence-electron chi connectivity index (χ2n) is 5.33. The molecular formula is C15H24N2O3. The standard InChI is InChI=1S/C15H24N2O3/c1-11-7-14(17-5-6-19-12(2)9-17)16-15(8-11)20-10-13(3)18-4/h7-8,12-13H,5-6,9-10H2,1-4H3/t12?,13-/m1/s1. The van der Waals surface area contributed by atoms with Gasteiger partial charge in [0.25, 0.3) is 0 Å². The summed E-state index contributed by atoms with van der Waals surface area (Å²) in [6, 6.07) is 4.04. The van der Waals surface area contributed by atoms with Crippen LogP contribution in [0.3, 0.4) is 0 Å². The first-order valence-corrected chi connectivity index (χ1v) is 7.09. The minimum absolute atomic E-state index is 0.0594. The van der Waals surface area contributed by atoms with Gasteiger partial charge in [-0.2, -0.15) is 4.98 Å². The number of pyridine rings is 1. The molecule has 1 fully saturated rings. The van der Waals surface area contributed by atoms with Crippen molar-refractivity contribution >= 4 is 5.82 Å². The van der Waals surface area contributed by atoms with Gasteiger partial charge in [0.15, 0.2) is 0 Å². The van der Waals surface area contributed by atoms with E-state index in [9.17, 15) is 0 Å². The molecule has 0 bridgehead atoms. The van der Waals surface area contributed by atoms with Crippen LogP contribution >= 0.6 is 0 Å². The molecule has 1 aliphatic rings. The summed E-state index contributed by atoms with van der Waals surface area (Å²) in [5.41, 5.74) is 1.15. The second-order valence-corrected chi connectivity index (χ2v) is 5.33. The first kappa shape index (κ1) is 15.1. The van der Waals surface area contributed by atoms with E-state index in [-0.39, 0.29) is 12.2 Å². The number of hydrogen-bond acceptors (Lipinski definition) is 5. The molecule has 1 aliphatic heterocycles. The molecule has 0 radical (unpaired) electrons. The lowest BCUT2D eigenvalue weighted by Gasteiger charge is -2.32. The van der Waals surface area contributed by atoms with E-state index in [1.54, 1.807) is 7.11 Å². The molecule has 112 valence electrons. The third-order valence-corrected chi connectivity index (χ3v) is 3.37. The van der Waals surface area contributed by atoms with Crippen molar-refractivity contribution in [2.24, 2.45) is 0 Å². The van der Waals surface area contributed by atoms with E-state index in [1.807, 2.05) is 13.0 Å². The average molecular weight is 280 g/mol. The molecule has 2 atom stereocenters. The Hall–Kier alpha value is -1.33. The van der Waals surface area contributed by atoms with Crippen molar-refractivity contribution in [1.29, 1.82) is 0 Å². The Labute approximate surface area is 120 Å². The van der Waals surface area contributed by atoms with Crippen molar-refractivity contribution < 1.29 is 14.2 Å². The fraction of sp³-hybridized carbons (Fsp3) is 0.667. The lowest BCUT2D eigenvalue weighted by molar-refractivity contribution is 0.0527. The molecule has 1 aromatic heterocycles. The van der Waals surface area contributed by atoms with Gasteiger partial charge in [-0.1, -0.05) is 0 Å². The first-order chi connectivity index (χ1) is 9.58. The maximum absolute atomic E-state index is 5.70. The van der Waals surface area contributed by atoms with Gasteiger partial charge in [-0.25, -0.2) is 0 Å². The number of nitrogens with zero attached hydrogens (tertiary/aromatic N) is 2. The summed E-state index contributed by atoms with van der Waals surface area (Å²) in [6.45, 7) is 9.10. The highest BCUT2D eigenvalue weighted by molar-refractivity contribution is 5.44. The minimum Gasteiger partial charge on any atom is -0.475 e. The molecule has 0 spiro atoms. The summed E-state index contributed by atoms with van der Waals surface area (Å²) >= 11 is 0. The predicted molar refractivity (Wildman–Crippen MR) is 78.6 cm³/mol. The smallest absolute Gasteiger partial charge is 0.215 e.